The minimum atomic E-state index is -0.261. The molecule has 3 N–H and O–H groups in total. The molecule has 2 amide bonds. The van der Waals surface area contributed by atoms with Crippen molar-refractivity contribution in [2.24, 2.45) is 0 Å². The van der Waals surface area contributed by atoms with Crippen molar-refractivity contribution in [1.82, 2.24) is 15.1 Å². The van der Waals surface area contributed by atoms with Crippen LogP contribution in [0.25, 0.3) is 0 Å². The summed E-state index contributed by atoms with van der Waals surface area (Å²) >= 11 is 1.49. The molecule has 1 aromatic carbocycles. The zero-order valence-corrected chi connectivity index (χ0v) is 14.5. The Balaban J connectivity index is 1.39. The predicted octanol–water partition coefficient (Wildman–Crippen LogP) is 3.67. The lowest BCUT2D eigenvalue weighted by Crippen LogP contribution is -2.30. The molecule has 0 atom stereocenters. The highest BCUT2D eigenvalue weighted by atomic mass is 32.1. The van der Waals surface area contributed by atoms with Gasteiger partial charge in [-0.2, -0.15) is 5.10 Å². The van der Waals surface area contributed by atoms with Crippen molar-refractivity contribution < 1.29 is 4.79 Å². The Bertz CT molecular complexity index is 844. The van der Waals surface area contributed by atoms with Gasteiger partial charge in [0.2, 0.25) is 0 Å². The molecule has 0 fully saturated rings. The average molecular weight is 353 g/mol. The van der Waals surface area contributed by atoms with Gasteiger partial charge in [0.05, 0.1) is 10.7 Å². The number of hydrogen-bond donors (Lipinski definition) is 3. The molecule has 1 aliphatic heterocycles. The molecule has 3 heterocycles. The number of amides is 2. The summed E-state index contributed by atoms with van der Waals surface area (Å²) in [6.07, 6.45) is 0.868. The zero-order valence-electron chi connectivity index (χ0n) is 13.7. The maximum absolute atomic E-state index is 12.1. The average Bonchev–Trinajstić information content (AvgIpc) is 3.26. The van der Waals surface area contributed by atoms with Gasteiger partial charge in [-0.25, -0.2) is 4.79 Å². The van der Waals surface area contributed by atoms with E-state index in [4.69, 9.17) is 0 Å². The van der Waals surface area contributed by atoms with Gasteiger partial charge in [-0.3, -0.25) is 20.6 Å². The normalized spacial score (nSPS) is 14.1. The highest BCUT2D eigenvalue weighted by Crippen LogP contribution is 2.25. The topological polar surface area (TPSA) is 73.0 Å². The van der Waals surface area contributed by atoms with E-state index in [-0.39, 0.29) is 6.03 Å². The molecule has 3 aromatic rings. The van der Waals surface area contributed by atoms with Crippen molar-refractivity contribution in [2.75, 3.05) is 17.2 Å². The van der Waals surface area contributed by atoms with E-state index in [2.05, 4.69) is 50.0 Å². The first kappa shape index (κ1) is 15.9. The minimum Gasteiger partial charge on any atom is -0.299 e. The third-order valence-electron chi connectivity index (χ3n) is 4.25. The molecule has 6 nitrogen and oxygen atoms in total. The van der Waals surface area contributed by atoms with Gasteiger partial charge >= 0.3 is 6.03 Å². The van der Waals surface area contributed by atoms with Crippen LogP contribution in [0.15, 0.2) is 47.8 Å². The van der Waals surface area contributed by atoms with Crippen molar-refractivity contribution in [3.63, 3.8) is 0 Å². The van der Waals surface area contributed by atoms with E-state index in [1.54, 1.807) is 0 Å². The number of H-pyrrole nitrogens is 1. The van der Waals surface area contributed by atoms with E-state index in [1.165, 1.54) is 16.9 Å². The van der Waals surface area contributed by atoms with Crippen LogP contribution in [0.1, 0.15) is 16.8 Å². The largest absolute Gasteiger partial charge is 0.325 e. The number of anilines is 2. The Morgan fingerprint density at radius 2 is 2.08 bits per heavy atom. The number of nitrogens with zero attached hydrogens (tertiary/aromatic N) is 2. The van der Waals surface area contributed by atoms with Crippen LogP contribution in [0, 0.1) is 0 Å². The van der Waals surface area contributed by atoms with Crippen LogP contribution in [0.5, 0.6) is 0 Å². The quantitative estimate of drug-likeness (QED) is 0.670. The fourth-order valence-electron chi connectivity index (χ4n) is 3.05. The lowest BCUT2D eigenvalue weighted by molar-refractivity contribution is 0.242. The van der Waals surface area contributed by atoms with Crippen LogP contribution < -0.4 is 10.6 Å². The summed E-state index contributed by atoms with van der Waals surface area (Å²) in [7, 11) is 0. The van der Waals surface area contributed by atoms with E-state index < -0.39 is 0 Å². The zero-order chi connectivity index (χ0) is 17.1. The van der Waals surface area contributed by atoms with Gasteiger partial charge in [0.25, 0.3) is 0 Å². The van der Waals surface area contributed by atoms with E-state index in [9.17, 15) is 4.79 Å². The van der Waals surface area contributed by atoms with Crippen LogP contribution in [0.4, 0.5) is 15.6 Å². The first-order chi connectivity index (χ1) is 12.3. The van der Waals surface area contributed by atoms with Crippen molar-refractivity contribution in [1.29, 1.82) is 0 Å². The molecule has 4 rings (SSSR count). The molecule has 1 aliphatic rings. The number of nitrogens with one attached hydrogen (secondary N) is 3. The number of thiophene rings is 1. The van der Waals surface area contributed by atoms with Crippen LogP contribution in [-0.2, 0) is 19.5 Å². The predicted molar refractivity (Wildman–Crippen MR) is 99.8 cm³/mol. The van der Waals surface area contributed by atoms with Gasteiger partial charge in [-0.05, 0) is 29.5 Å². The van der Waals surface area contributed by atoms with Gasteiger partial charge in [0, 0.05) is 25.2 Å². The van der Waals surface area contributed by atoms with Gasteiger partial charge in [0.15, 0.2) is 5.82 Å². The van der Waals surface area contributed by atoms with E-state index in [1.807, 2.05) is 23.6 Å². The summed E-state index contributed by atoms with van der Waals surface area (Å²) in [4.78, 5) is 14.5. The molecule has 0 saturated carbocycles. The molecule has 0 bridgehead atoms. The van der Waals surface area contributed by atoms with E-state index in [0.717, 1.165) is 42.3 Å². The molecule has 0 aliphatic carbocycles. The fourth-order valence-corrected chi connectivity index (χ4v) is 3.67. The third kappa shape index (κ3) is 3.72. The Morgan fingerprint density at radius 1 is 1.20 bits per heavy atom. The Hall–Kier alpha value is -2.64. The van der Waals surface area contributed by atoms with Crippen LogP contribution in [-0.4, -0.2) is 27.7 Å². The summed E-state index contributed by atoms with van der Waals surface area (Å²) < 4.78 is 0. The monoisotopic (exact) mass is 353 g/mol. The second-order valence-corrected chi connectivity index (χ2v) is 6.98. The van der Waals surface area contributed by atoms with E-state index >= 15 is 0 Å². The number of urea groups is 1. The van der Waals surface area contributed by atoms with Crippen LogP contribution in [0.3, 0.4) is 0 Å². The second-order valence-electron chi connectivity index (χ2n) is 6.03. The summed E-state index contributed by atoms with van der Waals surface area (Å²) in [5.41, 5.74) is 3.48. The number of rotatable bonds is 4. The lowest BCUT2D eigenvalue weighted by Gasteiger charge is -2.26. The highest BCUT2D eigenvalue weighted by molar-refractivity contribution is 7.14. The van der Waals surface area contributed by atoms with Crippen molar-refractivity contribution >= 4 is 28.2 Å². The second kappa shape index (κ2) is 7.08. The van der Waals surface area contributed by atoms with Gasteiger partial charge < -0.3 is 0 Å². The number of fused-ring (bicyclic) bond motifs is 1. The highest BCUT2D eigenvalue weighted by Gasteiger charge is 2.22. The number of carbonyl (C=O) groups excluding carboxylic acids is 1. The molecule has 0 saturated heterocycles. The number of benzene rings is 1. The molecular formula is C18H19N5OS. The van der Waals surface area contributed by atoms with Crippen molar-refractivity contribution in [2.45, 2.75) is 19.5 Å². The standard InChI is InChI=1S/C18H19N5OS/c24-18(19-16-7-4-10-25-16)20-17-14-8-9-23(12-15(14)21-22-17)11-13-5-2-1-3-6-13/h1-7,10H,8-9,11-12H2,(H3,19,20,21,22,24). The number of aromatic nitrogens is 2. The Labute approximate surface area is 149 Å². The molecule has 2 aromatic heterocycles. The Morgan fingerprint density at radius 3 is 2.88 bits per heavy atom. The molecule has 0 spiro atoms. The summed E-state index contributed by atoms with van der Waals surface area (Å²) in [5.74, 6) is 0.628. The summed E-state index contributed by atoms with van der Waals surface area (Å²) in [6.45, 7) is 2.68. The molecule has 0 unspecified atom stereocenters. The summed E-state index contributed by atoms with van der Waals surface area (Å²) in [5, 5.41) is 15.8. The SMILES string of the molecule is O=C(Nc1cccs1)Nc1n[nH]c2c1CCN(Cc1ccccc1)C2. The number of hydrogen-bond acceptors (Lipinski definition) is 4. The maximum Gasteiger partial charge on any atom is 0.325 e. The molecule has 25 heavy (non-hydrogen) atoms. The first-order valence-corrected chi connectivity index (χ1v) is 9.10. The molecule has 128 valence electrons. The van der Waals surface area contributed by atoms with Crippen molar-refractivity contribution in [3.05, 3.63) is 64.7 Å². The fraction of sp³-hybridized carbons (Fsp3) is 0.222. The first-order valence-electron chi connectivity index (χ1n) is 8.22. The number of aromatic amines is 1. The van der Waals surface area contributed by atoms with E-state index in [0.29, 0.717) is 5.82 Å². The molecule has 0 radical (unpaired) electrons. The summed E-state index contributed by atoms with van der Waals surface area (Å²) in [6, 6.07) is 14.0. The van der Waals surface area contributed by atoms with Gasteiger partial charge in [0.1, 0.15) is 0 Å². The smallest absolute Gasteiger partial charge is 0.299 e. The van der Waals surface area contributed by atoms with Crippen molar-refractivity contribution in [3.8, 4) is 0 Å². The maximum atomic E-state index is 12.1. The minimum absolute atomic E-state index is 0.261. The van der Waals surface area contributed by atoms with Gasteiger partial charge in [-0.15, -0.1) is 11.3 Å². The van der Waals surface area contributed by atoms with Crippen LogP contribution >= 0.6 is 11.3 Å². The van der Waals surface area contributed by atoms with Crippen LogP contribution in [0.2, 0.25) is 0 Å². The molecule has 7 heteroatoms. The Kier molecular flexibility index (Phi) is 4.49. The third-order valence-corrected chi connectivity index (χ3v) is 5.04. The molecular weight excluding hydrogens is 334 g/mol. The van der Waals surface area contributed by atoms with Gasteiger partial charge in [-0.1, -0.05) is 30.3 Å². The lowest BCUT2D eigenvalue weighted by atomic mass is 10.1. The number of carbonyl (C=O) groups is 1.